The molecule has 4 rings (SSSR count). The molecule has 4 nitrogen and oxygen atoms in total. The lowest BCUT2D eigenvalue weighted by atomic mass is 9.97. The Morgan fingerprint density at radius 2 is 1.72 bits per heavy atom. The molecule has 0 aliphatic carbocycles. The summed E-state index contributed by atoms with van der Waals surface area (Å²) in [4.78, 5) is 11.6. The molecule has 0 saturated heterocycles. The van der Waals surface area contributed by atoms with E-state index in [1.54, 1.807) is 12.1 Å². The predicted molar refractivity (Wildman–Crippen MR) is 134 cm³/mol. The summed E-state index contributed by atoms with van der Waals surface area (Å²) in [6.07, 6.45) is 1.05. The van der Waals surface area contributed by atoms with Gasteiger partial charge in [0, 0.05) is 39.7 Å². The van der Waals surface area contributed by atoms with E-state index >= 15 is 0 Å². The van der Waals surface area contributed by atoms with Crippen LogP contribution >= 0.6 is 17.8 Å². The maximum atomic E-state index is 11.6. The molecule has 0 spiro atoms. The van der Waals surface area contributed by atoms with Crippen molar-refractivity contribution in [1.82, 2.24) is 5.09 Å². The second-order valence-electron chi connectivity index (χ2n) is 7.42. The molecule has 0 bridgehead atoms. The number of halogens is 1. The molecule has 1 N–H and O–H groups in total. The molecule has 1 aliphatic heterocycles. The van der Waals surface area contributed by atoms with E-state index in [1.165, 1.54) is 13.2 Å². The monoisotopic (exact) mass is 483 g/mol. The van der Waals surface area contributed by atoms with Crippen molar-refractivity contribution in [3.8, 4) is 5.75 Å². The van der Waals surface area contributed by atoms with Gasteiger partial charge in [-0.1, -0.05) is 84.1 Å². The lowest BCUT2D eigenvalue weighted by molar-refractivity contribution is -0.134. The lowest BCUT2D eigenvalue weighted by Gasteiger charge is -2.36. The predicted octanol–water partition coefficient (Wildman–Crippen LogP) is 4.90. The number of hydrogen-bond acceptors (Lipinski definition) is 4. The summed E-state index contributed by atoms with van der Waals surface area (Å²) in [5.74, 6) is 0.305. The minimum absolute atomic E-state index is 0.115. The van der Waals surface area contributed by atoms with Crippen molar-refractivity contribution in [2.45, 2.75) is 18.6 Å². The van der Waals surface area contributed by atoms with Gasteiger partial charge in [-0.3, -0.25) is 5.09 Å². The van der Waals surface area contributed by atoms with Crippen molar-refractivity contribution < 1.29 is 14.3 Å². The Morgan fingerprint density at radius 1 is 1.09 bits per heavy atom. The summed E-state index contributed by atoms with van der Waals surface area (Å²) >= 11 is 12.7. The maximum Gasteiger partial charge on any atom is 0.330 e. The van der Waals surface area contributed by atoms with Gasteiger partial charge in [0.05, 0.1) is 13.3 Å². The average Bonchev–Trinajstić information content (AvgIpc) is 2.84. The van der Waals surface area contributed by atoms with E-state index < -0.39 is 12.2 Å². The van der Waals surface area contributed by atoms with E-state index in [0.717, 1.165) is 21.9 Å². The van der Waals surface area contributed by atoms with E-state index in [4.69, 9.17) is 32.9 Å². The lowest BCUT2D eigenvalue weighted by Crippen LogP contribution is -2.35. The third kappa shape index (κ3) is 4.97. The van der Waals surface area contributed by atoms with Gasteiger partial charge in [-0.05, 0) is 24.3 Å². The van der Waals surface area contributed by atoms with Gasteiger partial charge in [-0.2, -0.15) is 0 Å². The van der Waals surface area contributed by atoms with E-state index in [2.05, 4.69) is 29.4 Å². The highest BCUT2D eigenvalue weighted by atomic mass is 35.5. The van der Waals surface area contributed by atoms with Crippen molar-refractivity contribution in [1.29, 1.82) is 0 Å². The van der Waals surface area contributed by atoms with Crippen molar-refractivity contribution in [3.63, 3.8) is 0 Å². The molecule has 1 heterocycles. The summed E-state index contributed by atoms with van der Waals surface area (Å²) in [5.41, 5.74) is 0.960. The number of ether oxygens (including phenoxy) is 2. The molecule has 2 atom stereocenters. The fourth-order valence-electron chi connectivity index (χ4n) is 3.76. The van der Waals surface area contributed by atoms with Gasteiger partial charge in [0.1, 0.15) is 11.9 Å². The molecular formula is C25H23ClNO3PS. The van der Waals surface area contributed by atoms with Gasteiger partial charge >= 0.3 is 5.97 Å². The topological polar surface area (TPSA) is 47.6 Å². The van der Waals surface area contributed by atoms with Crippen LogP contribution in [0.25, 0.3) is 0 Å². The van der Waals surface area contributed by atoms with E-state index in [1.807, 2.05) is 48.5 Å². The van der Waals surface area contributed by atoms with Gasteiger partial charge in [0.25, 0.3) is 0 Å². The molecule has 0 radical (unpaired) electrons. The molecule has 32 heavy (non-hydrogen) atoms. The Kier molecular flexibility index (Phi) is 7.12. The molecule has 3 aromatic rings. The number of carbonyl (C=O) groups is 1. The van der Waals surface area contributed by atoms with Crippen LogP contribution in [0.2, 0.25) is 5.02 Å². The van der Waals surface area contributed by atoms with Gasteiger partial charge in [0.15, 0.2) is 0 Å². The van der Waals surface area contributed by atoms with Crippen LogP contribution in [0.4, 0.5) is 0 Å². The molecule has 0 aromatic heterocycles. The van der Waals surface area contributed by atoms with Gasteiger partial charge in [-0.15, -0.1) is 0 Å². The standard InChI is InChI=1S/C25H23ClNO3PS/c1-29-25(28)15-13-19-17-23(22-16-18(26)12-14-24(22)30-19)27-31(32,20-8-4-2-5-9-20)21-10-6-3-7-11-21/h2-16,19,23H,17H2,1H3,(H,27,32)/b15-13+. The Morgan fingerprint density at radius 3 is 2.31 bits per heavy atom. The Labute approximate surface area is 198 Å². The number of nitrogens with one attached hydrogen (secondary N) is 1. The largest absolute Gasteiger partial charge is 0.486 e. The number of carbonyl (C=O) groups excluding carboxylic acids is 1. The molecule has 0 fully saturated rings. The summed E-state index contributed by atoms with van der Waals surface area (Å²) in [5, 5.41) is 6.61. The summed E-state index contributed by atoms with van der Waals surface area (Å²) in [6.45, 7) is 0. The van der Waals surface area contributed by atoms with Crippen LogP contribution in [-0.4, -0.2) is 19.2 Å². The highest BCUT2D eigenvalue weighted by Gasteiger charge is 2.33. The number of fused-ring (bicyclic) bond motifs is 1. The van der Waals surface area contributed by atoms with Gasteiger partial charge < -0.3 is 9.47 Å². The zero-order valence-corrected chi connectivity index (χ0v) is 19.9. The first-order valence-electron chi connectivity index (χ1n) is 10.2. The second-order valence-corrected chi connectivity index (χ2v) is 12.0. The fraction of sp³-hybridized carbons (Fsp3) is 0.160. The number of methoxy groups -OCH3 is 1. The molecule has 0 saturated carbocycles. The van der Waals surface area contributed by atoms with Crippen molar-refractivity contribution in [3.05, 3.63) is 102 Å². The van der Waals surface area contributed by atoms with Crippen molar-refractivity contribution >= 4 is 46.2 Å². The van der Waals surface area contributed by atoms with Crippen molar-refractivity contribution in [2.75, 3.05) is 7.11 Å². The van der Waals surface area contributed by atoms with Crippen LogP contribution < -0.4 is 20.4 Å². The molecule has 3 aromatic carbocycles. The summed E-state index contributed by atoms with van der Waals surface area (Å²) in [6, 6.07) is 25.8. The van der Waals surface area contributed by atoms with Crippen LogP contribution in [0.15, 0.2) is 91.0 Å². The van der Waals surface area contributed by atoms with Crippen LogP contribution in [-0.2, 0) is 21.3 Å². The number of benzene rings is 3. The fourth-order valence-corrected chi connectivity index (χ4v) is 7.51. The molecular weight excluding hydrogens is 461 g/mol. The van der Waals surface area contributed by atoms with Crippen LogP contribution in [0.5, 0.6) is 5.75 Å². The first-order chi connectivity index (χ1) is 15.5. The van der Waals surface area contributed by atoms with Crippen LogP contribution in [0.1, 0.15) is 18.0 Å². The Bertz CT molecular complexity index is 1130. The summed E-state index contributed by atoms with van der Waals surface area (Å²) < 4.78 is 10.8. The zero-order valence-electron chi connectivity index (χ0n) is 17.5. The third-order valence-electron chi connectivity index (χ3n) is 5.32. The number of hydrogen-bond donors (Lipinski definition) is 1. The first-order valence-corrected chi connectivity index (χ1v) is 13.4. The SMILES string of the molecule is COC(=O)/C=C/C1CC(NP(=S)(c2ccccc2)c2ccccc2)c2cc(Cl)ccc2O1. The van der Waals surface area contributed by atoms with Crippen LogP contribution in [0.3, 0.4) is 0 Å². The highest BCUT2D eigenvalue weighted by molar-refractivity contribution is 8.20. The molecule has 1 aliphatic rings. The minimum Gasteiger partial charge on any atom is -0.486 e. The van der Waals surface area contributed by atoms with E-state index in [-0.39, 0.29) is 12.1 Å². The van der Waals surface area contributed by atoms with Crippen molar-refractivity contribution in [2.24, 2.45) is 0 Å². The van der Waals surface area contributed by atoms with Gasteiger partial charge in [-0.25, -0.2) is 4.79 Å². The number of rotatable bonds is 6. The van der Waals surface area contributed by atoms with E-state index in [9.17, 15) is 4.79 Å². The molecule has 2 unspecified atom stereocenters. The number of esters is 1. The smallest absolute Gasteiger partial charge is 0.330 e. The summed E-state index contributed by atoms with van der Waals surface area (Å²) in [7, 11) is 1.35. The molecule has 0 amide bonds. The zero-order chi connectivity index (χ0) is 22.6. The normalized spacial score (nSPS) is 18.1. The maximum absolute atomic E-state index is 11.6. The Hall–Kier alpha value is -2.43. The van der Waals surface area contributed by atoms with Gasteiger partial charge in [0.2, 0.25) is 0 Å². The van der Waals surface area contributed by atoms with E-state index in [0.29, 0.717) is 11.4 Å². The Balaban J connectivity index is 1.75. The van der Waals surface area contributed by atoms with Crippen LogP contribution in [0, 0.1) is 0 Å². The first kappa shape index (κ1) is 22.8. The third-order valence-corrected chi connectivity index (χ3v) is 9.86. The minimum atomic E-state index is -2.36. The second kappa shape index (κ2) is 10.0. The highest BCUT2D eigenvalue weighted by Crippen LogP contribution is 2.46. The average molecular weight is 484 g/mol. The quantitative estimate of drug-likeness (QED) is 0.307. The molecule has 164 valence electrons. The molecule has 7 heteroatoms.